The van der Waals surface area contributed by atoms with Crippen molar-refractivity contribution in [3.8, 4) is 0 Å². The fraction of sp³-hybridized carbons (Fsp3) is 0.364. The Bertz CT molecular complexity index is 477. The minimum Gasteiger partial charge on any atom is -0.302 e. The standard InChI is InChI=1S/C11H13NO2S/c1-7-11(2,3)8-5-4-6-9(15(13)14)10(8)12-7/h4-6H,1-3H3,(H,13,14). The number of rotatable bonds is 1. The molecule has 1 unspecified atom stereocenters. The van der Waals surface area contributed by atoms with E-state index in [2.05, 4.69) is 18.8 Å². The molecule has 0 saturated carbocycles. The van der Waals surface area contributed by atoms with Crippen LogP contribution in [0.1, 0.15) is 26.3 Å². The Morgan fingerprint density at radius 3 is 2.67 bits per heavy atom. The number of fused-ring (bicyclic) bond motifs is 1. The molecular formula is C11H13NO2S. The second-order valence-electron chi connectivity index (χ2n) is 4.22. The van der Waals surface area contributed by atoms with E-state index in [1.165, 1.54) is 0 Å². The van der Waals surface area contributed by atoms with Crippen LogP contribution in [0.5, 0.6) is 0 Å². The van der Waals surface area contributed by atoms with Crippen molar-refractivity contribution in [1.29, 1.82) is 0 Å². The third-order valence-electron chi connectivity index (χ3n) is 3.04. The van der Waals surface area contributed by atoms with Crippen LogP contribution in [0.15, 0.2) is 28.1 Å². The van der Waals surface area contributed by atoms with E-state index >= 15 is 0 Å². The number of hydrogen-bond acceptors (Lipinski definition) is 2. The predicted octanol–water partition coefficient (Wildman–Crippen LogP) is 2.65. The van der Waals surface area contributed by atoms with Crippen molar-refractivity contribution in [2.75, 3.05) is 0 Å². The van der Waals surface area contributed by atoms with Crippen LogP contribution in [0.3, 0.4) is 0 Å². The van der Waals surface area contributed by atoms with Gasteiger partial charge in [0.25, 0.3) is 0 Å². The van der Waals surface area contributed by atoms with Crippen molar-refractivity contribution in [3.05, 3.63) is 23.8 Å². The Labute approximate surface area is 91.5 Å². The third kappa shape index (κ3) is 1.44. The highest BCUT2D eigenvalue weighted by Crippen LogP contribution is 2.42. The lowest BCUT2D eigenvalue weighted by molar-refractivity contribution is 0.564. The second kappa shape index (κ2) is 3.25. The van der Waals surface area contributed by atoms with Crippen molar-refractivity contribution < 1.29 is 8.76 Å². The van der Waals surface area contributed by atoms with Gasteiger partial charge in [-0.3, -0.25) is 4.99 Å². The largest absolute Gasteiger partial charge is 0.302 e. The summed E-state index contributed by atoms with van der Waals surface area (Å²) < 4.78 is 20.3. The smallest absolute Gasteiger partial charge is 0.188 e. The van der Waals surface area contributed by atoms with Gasteiger partial charge in [-0.15, -0.1) is 0 Å². The molecule has 15 heavy (non-hydrogen) atoms. The first kappa shape index (κ1) is 10.5. The topological polar surface area (TPSA) is 49.7 Å². The number of nitrogens with zero attached hydrogens (tertiary/aromatic N) is 1. The van der Waals surface area contributed by atoms with Gasteiger partial charge in [0.1, 0.15) is 0 Å². The summed E-state index contributed by atoms with van der Waals surface area (Å²) in [4.78, 5) is 4.79. The van der Waals surface area contributed by atoms with Crippen LogP contribution in [-0.2, 0) is 16.5 Å². The summed E-state index contributed by atoms with van der Waals surface area (Å²) in [6.07, 6.45) is 0. The molecule has 0 bridgehead atoms. The van der Waals surface area contributed by atoms with Crippen LogP contribution >= 0.6 is 0 Å². The van der Waals surface area contributed by atoms with Crippen molar-refractivity contribution in [1.82, 2.24) is 0 Å². The summed E-state index contributed by atoms with van der Waals surface area (Å²) in [6.45, 7) is 6.09. The van der Waals surface area contributed by atoms with Crippen molar-refractivity contribution in [3.63, 3.8) is 0 Å². The highest BCUT2D eigenvalue weighted by atomic mass is 32.2. The summed E-state index contributed by atoms with van der Waals surface area (Å²) in [5.41, 5.74) is 2.54. The van der Waals surface area contributed by atoms with Crippen LogP contribution in [0.25, 0.3) is 0 Å². The normalized spacial score (nSPS) is 19.6. The number of aliphatic imine (C=N–C) groups is 1. The van der Waals surface area contributed by atoms with Gasteiger partial charge >= 0.3 is 0 Å². The molecule has 80 valence electrons. The van der Waals surface area contributed by atoms with Crippen LogP contribution < -0.4 is 0 Å². The first-order valence-electron chi connectivity index (χ1n) is 4.74. The van der Waals surface area contributed by atoms with E-state index in [0.717, 1.165) is 11.3 Å². The lowest BCUT2D eigenvalue weighted by Crippen LogP contribution is -2.22. The average molecular weight is 223 g/mol. The molecule has 0 aromatic heterocycles. The average Bonchev–Trinajstić information content (AvgIpc) is 2.38. The van der Waals surface area contributed by atoms with Gasteiger partial charge in [-0.25, -0.2) is 4.21 Å². The SMILES string of the molecule is CC1=Nc2c(S(=O)O)cccc2C1(C)C. The maximum atomic E-state index is 11.1. The van der Waals surface area contributed by atoms with Gasteiger partial charge in [0, 0.05) is 11.1 Å². The van der Waals surface area contributed by atoms with Gasteiger partial charge in [-0.05, 0) is 18.6 Å². The van der Waals surface area contributed by atoms with Crippen molar-refractivity contribution in [2.24, 2.45) is 4.99 Å². The Morgan fingerprint density at radius 1 is 1.40 bits per heavy atom. The Morgan fingerprint density at radius 2 is 2.07 bits per heavy atom. The molecule has 0 fully saturated rings. The van der Waals surface area contributed by atoms with Crippen molar-refractivity contribution in [2.45, 2.75) is 31.1 Å². The maximum absolute atomic E-state index is 11.1. The van der Waals surface area contributed by atoms with E-state index in [9.17, 15) is 4.21 Å². The molecule has 0 amide bonds. The molecule has 0 radical (unpaired) electrons. The molecule has 1 N–H and O–H groups in total. The Kier molecular flexibility index (Phi) is 2.28. The lowest BCUT2D eigenvalue weighted by atomic mass is 9.82. The molecule has 1 aromatic carbocycles. The molecule has 1 aliphatic heterocycles. The molecule has 1 heterocycles. The van der Waals surface area contributed by atoms with E-state index in [0.29, 0.717) is 10.6 Å². The minimum atomic E-state index is -1.97. The van der Waals surface area contributed by atoms with E-state index in [-0.39, 0.29) is 5.41 Å². The second-order valence-corrected chi connectivity index (χ2v) is 5.16. The fourth-order valence-corrected chi connectivity index (χ4v) is 2.30. The van der Waals surface area contributed by atoms with Crippen LogP contribution in [0.2, 0.25) is 0 Å². The van der Waals surface area contributed by atoms with Crippen LogP contribution in [-0.4, -0.2) is 14.5 Å². The number of para-hydroxylation sites is 1. The quantitative estimate of drug-likeness (QED) is 0.744. The molecule has 0 aliphatic carbocycles. The number of hydrogen-bond donors (Lipinski definition) is 1. The Balaban J connectivity index is 2.72. The molecule has 0 saturated heterocycles. The summed E-state index contributed by atoms with van der Waals surface area (Å²) in [5.74, 6) is 0. The van der Waals surface area contributed by atoms with E-state index < -0.39 is 11.1 Å². The molecule has 4 heteroatoms. The number of benzene rings is 1. The molecular weight excluding hydrogens is 210 g/mol. The summed E-state index contributed by atoms with van der Waals surface area (Å²) in [5, 5.41) is 0. The zero-order chi connectivity index (χ0) is 11.2. The summed E-state index contributed by atoms with van der Waals surface area (Å²) in [6, 6.07) is 5.41. The molecule has 2 rings (SSSR count). The van der Waals surface area contributed by atoms with Gasteiger partial charge in [0.15, 0.2) is 11.1 Å². The van der Waals surface area contributed by atoms with Crippen LogP contribution in [0.4, 0.5) is 5.69 Å². The summed E-state index contributed by atoms with van der Waals surface area (Å²) in [7, 11) is 0. The first-order valence-corrected chi connectivity index (χ1v) is 5.85. The van der Waals surface area contributed by atoms with E-state index in [1.54, 1.807) is 12.1 Å². The van der Waals surface area contributed by atoms with Gasteiger partial charge < -0.3 is 4.55 Å². The molecule has 1 aliphatic rings. The van der Waals surface area contributed by atoms with E-state index in [4.69, 9.17) is 4.55 Å². The summed E-state index contributed by atoms with van der Waals surface area (Å²) >= 11 is -1.97. The maximum Gasteiger partial charge on any atom is 0.188 e. The first-order chi connectivity index (χ1) is 6.94. The zero-order valence-electron chi connectivity index (χ0n) is 8.94. The van der Waals surface area contributed by atoms with Crippen molar-refractivity contribution >= 4 is 22.5 Å². The zero-order valence-corrected chi connectivity index (χ0v) is 9.76. The van der Waals surface area contributed by atoms with Gasteiger partial charge in [0.05, 0.1) is 10.6 Å². The molecule has 1 atom stereocenters. The highest BCUT2D eigenvalue weighted by molar-refractivity contribution is 7.79. The fourth-order valence-electron chi connectivity index (χ4n) is 1.79. The van der Waals surface area contributed by atoms with Crippen LogP contribution in [0, 0.1) is 0 Å². The third-order valence-corrected chi connectivity index (χ3v) is 3.75. The van der Waals surface area contributed by atoms with Gasteiger partial charge in [-0.1, -0.05) is 26.0 Å². The molecule has 1 aromatic rings. The Hall–Kier alpha value is -1.00. The van der Waals surface area contributed by atoms with E-state index in [1.807, 2.05) is 13.0 Å². The van der Waals surface area contributed by atoms with Gasteiger partial charge in [-0.2, -0.15) is 0 Å². The lowest BCUT2D eigenvalue weighted by Gasteiger charge is -2.19. The van der Waals surface area contributed by atoms with Gasteiger partial charge in [0.2, 0.25) is 0 Å². The minimum absolute atomic E-state index is 0.134. The highest BCUT2D eigenvalue weighted by Gasteiger charge is 2.33. The molecule has 0 spiro atoms. The molecule has 3 nitrogen and oxygen atoms in total. The monoisotopic (exact) mass is 223 g/mol. The predicted molar refractivity (Wildman–Crippen MR) is 61.3 cm³/mol.